The van der Waals surface area contributed by atoms with Crippen molar-refractivity contribution in [2.75, 3.05) is 29.9 Å². The Morgan fingerprint density at radius 1 is 1.14 bits per heavy atom. The molecule has 2 aliphatic carbocycles. The van der Waals surface area contributed by atoms with E-state index in [1.807, 2.05) is 13.8 Å². The molecule has 0 aromatic carbocycles. The van der Waals surface area contributed by atoms with Crippen LogP contribution in [0.25, 0.3) is 0 Å². The Labute approximate surface area is 213 Å². The lowest BCUT2D eigenvalue weighted by molar-refractivity contribution is 0.124. The summed E-state index contributed by atoms with van der Waals surface area (Å²) in [5.41, 5.74) is 0.827. The van der Waals surface area contributed by atoms with Gasteiger partial charge in [-0.05, 0) is 58.8 Å². The molecule has 10 heteroatoms. The molecule has 6 rings (SSSR count). The summed E-state index contributed by atoms with van der Waals surface area (Å²) in [5, 5.41) is 14.1. The highest BCUT2D eigenvalue weighted by atomic mass is 35.5. The lowest BCUT2D eigenvalue weighted by Gasteiger charge is -2.53. The summed E-state index contributed by atoms with van der Waals surface area (Å²) in [7, 11) is -1.18. The molecule has 1 spiro atoms. The molecule has 2 aromatic rings. The van der Waals surface area contributed by atoms with Gasteiger partial charge in [0, 0.05) is 43.2 Å². The first-order valence-electron chi connectivity index (χ1n) is 12.7. The van der Waals surface area contributed by atoms with Crippen LogP contribution in [0.15, 0.2) is 17.3 Å². The van der Waals surface area contributed by atoms with Crippen molar-refractivity contribution in [3.05, 3.63) is 28.9 Å². The predicted octanol–water partition coefficient (Wildman–Crippen LogP) is 3.85. The fourth-order valence-electron chi connectivity index (χ4n) is 6.19. The first-order chi connectivity index (χ1) is 16.7. The van der Waals surface area contributed by atoms with E-state index >= 15 is 0 Å². The molecule has 8 nitrogen and oxygen atoms in total. The van der Waals surface area contributed by atoms with Gasteiger partial charge in [0.05, 0.1) is 38.4 Å². The van der Waals surface area contributed by atoms with Crippen LogP contribution in [0, 0.1) is 5.41 Å². The van der Waals surface area contributed by atoms with Crippen LogP contribution in [0.3, 0.4) is 0 Å². The second-order valence-corrected chi connectivity index (χ2v) is 14.1. The Bertz CT molecular complexity index is 1150. The molecule has 1 atom stereocenters. The van der Waals surface area contributed by atoms with Gasteiger partial charge >= 0.3 is 0 Å². The normalized spacial score (nSPS) is 26.2. The molecule has 4 heterocycles. The topological polar surface area (TPSA) is 104 Å². The minimum absolute atomic E-state index is 0.0580. The van der Waals surface area contributed by atoms with Gasteiger partial charge in [-0.15, -0.1) is 0 Å². The number of rotatable bonds is 5. The zero-order valence-corrected chi connectivity index (χ0v) is 22.0. The molecule has 0 amide bonds. The number of nitrogens with zero attached hydrogens (tertiary/aromatic N) is 5. The summed E-state index contributed by atoms with van der Waals surface area (Å²) in [6.45, 7) is 6.00. The van der Waals surface area contributed by atoms with Crippen LogP contribution < -0.4 is 10.2 Å². The molecule has 2 aromatic heterocycles. The van der Waals surface area contributed by atoms with Crippen LogP contribution >= 0.6 is 11.6 Å². The maximum absolute atomic E-state index is 13.3. The van der Waals surface area contributed by atoms with Crippen molar-refractivity contribution in [1.29, 1.82) is 0 Å². The summed E-state index contributed by atoms with van der Waals surface area (Å²) in [4.78, 5) is 21.7. The standard InChI is InChI=1S/C25H33ClN6O2S/c1-23(2)10-18-19(35(23)34)21(31-25(15-33)6-3-7-25)30-22(29-18)32-13-24(14-32)8-4-16(5-9-24)20-27-11-17(26)12-28-20/h11-12,16,33H,3-10,13-15H2,1-2H3,(H,29,30,31). The minimum atomic E-state index is -1.18. The van der Waals surface area contributed by atoms with Crippen LogP contribution in [0.5, 0.6) is 0 Å². The number of nitrogens with one attached hydrogen (secondary N) is 1. The van der Waals surface area contributed by atoms with E-state index in [0.29, 0.717) is 28.6 Å². The lowest BCUT2D eigenvalue weighted by atomic mass is 9.66. The second kappa shape index (κ2) is 8.35. The lowest BCUT2D eigenvalue weighted by Crippen LogP contribution is -2.58. The summed E-state index contributed by atoms with van der Waals surface area (Å²) in [6.07, 6.45) is 11.4. The largest absolute Gasteiger partial charge is 0.394 e. The van der Waals surface area contributed by atoms with Gasteiger partial charge in [-0.25, -0.2) is 15.0 Å². The van der Waals surface area contributed by atoms with Crippen molar-refractivity contribution >= 4 is 34.2 Å². The van der Waals surface area contributed by atoms with E-state index in [-0.39, 0.29) is 16.9 Å². The summed E-state index contributed by atoms with van der Waals surface area (Å²) < 4.78 is 12.9. The molecule has 35 heavy (non-hydrogen) atoms. The van der Waals surface area contributed by atoms with E-state index in [0.717, 1.165) is 80.4 Å². The Balaban J connectivity index is 1.19. The number of hydrogen-bond donors (Lipinski definition) is 2. The smallest absolute Gasteiger partial charge is 0.227 e. The molecule has 3 fully saturated rings. The van der Waals surface area contributed by atoms with Crippen LogP contribution in [-0.4, -0.2) is 59.2 Å². The van der Waals surface area contributed by atoms with Crippen LogP contribution in [0.4, 0.5) is 11.8 Å². The zero-order chi connectivity index (χ0) is 24.4. The van der Waals surface area contributed by atoms with Gasteiger partial charge < -0.3 is 15.3 Å². The predicted molar refractivity (Wildman–Crippen MR) is 136 cm³/mol. The SMILES string of the molecule is CC1(C)Cc2nc(N3CC4(CCC(c5ncc(Cl)cn5)CC4)C3)nc(NC3(CO)CCC3)c2S1=O. The van der Waals surface area contributed by atoms with E-state index in [4.69, 9.17) is 21.6 Å². The number of aromatic nitrogens is 4. The quantitative estimate of drug-likeness (QED) is 0.617. The molecule has 2 N–H and O–H groups in total. The average molecular weight is 517 g/mol. The molecule has 4 aliphatic rings. The molecular weight excluding hydrogens is 484 g/mol. The van der Waals surface area contributed by atoms with Crippen LogP contribution in [0.2, 0.25) is 5.02 Å². The number of halogens is 1. The molecular formula is C25H33ClN6O2S. The van der Waals surface area contributed by atoms with Crippen molar-refractivity contribution in [2.24, 2.45) is 5.41 Å². The van der Waals surface area contributed by atoms with E-state index in [2.05, 4.69) is 20.2 Å². The minimum Gasteiger partial charge on any atom is -0.394 e. The molecule has 2 aliphatic heterocycles. The first-order valence-corrected chi connectivity index (χ1v) is 14.2. The van der Waals surface area contributed by atoms with E-state index in [9.17, 15) is 9.32 Å². The van der Waals surface area contributed by atoms with E-state index < -0.39 is 10.8 Å². The molecule has 2 saturated carbocycles. The second-order valence-electron chi connectivity index (χ2n) is 11.7. The third-order valence-electron chi connectivity index (χ3n) is 8.59. The molecule has 0 radical (unpaired) electrons. The number of aliphatic hydroxyl groups excluding tert-OH is 1. The third-order valence-corrected chi connectivity index (χ3v) is 10.7. The van der Waals surface area contributed by atoms with Crippen molar-refractivity contribution in [2.45, 2.75) is 86.3 Å². The summed E-state index contributed by atoms with van der Waals surface area (Å²) in [5.74, 6) is 2.69. The van der Waals surface area contributed by atoms with E-state index in [1.165, 1.54) is 0 Å². The van der Waals surface area contributed by atoms with Gasteiger partial charge in [0.15, 0.2) is 0 Å². The zero-order valence-electron chi connectivity index (χ0n) is 20.4. The highest BCUT2D eigenvalue weighted by Crippen LogP contribution is 2.49. The molecule has 1 unspecified atom stereocenters. The van der Waals surface area contributed by atoms with Crippen molar-refractivity contribution < 1.29 is 9.32 Å². The van der Waals surface area contributed by atoms with Gasteiger partial charge in [-0.2, -0.15) is 4.98 Å². The fourth-order valence-corrected chi connectivity index (χ4v) is 7.71. The van der Waals surface area contributed by atoms with Gasteiger partial charge in [0.25, 0.3) is 0 Å². The Hall–Kier alpha value is -1.84. The van der Waals surface area contributed by atoms with Gasteiger partial charge in [0.2, 0.25) is 5.95 Å². The van der Waals surface area contributed by atoms with Crippen molar-refractivity contribution in [3.63, 3.8) is 0 Å². The maximum atomic E-state index is 13.3. The molecule has 188 valence electrons. The Morgan fingerprint density at radius 3 is 2.43 bits per heavy atom. The fraction of sp³-hybridized carbons (Fsp3) is 0.680. The van der Waals surface area contributed by atoms with Gasteiger partial charge in [-0.1, -0.05) is 11.6 Å². The number of fused-ring (bicyclic) bond motifs is 1. The van der Waals surface area contributed by atoms with Gasteiger partial charge in [0.1, 0.15) is 16.5 Å². The van der Waals surface area contributed by atoms with Crippen molar-refractivity contribution in [3.8, 4) is 0 Å². The summed E-state index contributed by atoms with van der Waals surface area (Å²) in [6, 6.07) is 0. The number of anilines is 2. The number of aliphatic hydroxyl groups is 1. The molecule has 0 bridgehead atoms. The average Bonchev–Trinajstić information content (AvgIpc) is 3.03. The first kappa shape index (κ1) is 23.6. The number of hydrogen-bond acceptors (Lipinski definition) is 8. The monoisotopic (exact) mass is 516 g/mol. The summed E-state index contributed by atoms with van der Waals surface area (Å²) >= 11 is 5.95. The third kappa shape index (κ3) is 4.03. The Morgan fingerprint density at radius 2 is 1.83 bits per heavy atom. The van der Waals surface area contributed by atoms with E-state index in [1.54, 1.807) is 12.4 Å². The molecule has 1 saturated heterocycles. The maximum Gasteiger partial charge on any atom is 0.227 e. The highest BCUT2D eigenvalue weighted by Gasteiger charge is 2.48. The van der Waals surface area contributed by atoms with Gasteiger partial charge in [-0.3, -0.25) is 4.21 Å². The van der Waals surface area contributed by atoms with Crippen LogP contribution in [-0.2, 0) is 17.2 Å². The van der Waals surface area contributed by atoms with Crippen molar-refractivity contribution in [1.82, 2.24) is 19.9 Å². The highest BCUT2D eigenvalue weighted by molar-refractivity contribution is 7.87. The van der Waals surface area contributed by atoms with Crippen LogP contribution in [0.1, 0.15) is 76.2 Å². The Kier molecular flexibility index (Phi) is 5.62.